The topological polar surface area (TPSA) is 40.6 Å². The summed E-state index contributed by atoms with van der Waals surface area (Å²) in [6.45, 7) is 2.76. The average Bonchev–Trinajstić information content (AvgIpc) is 2.72. The third-order valence-corrected chi connectivity index (χ3v) is 6.41. The number of likely N-dealkylation sites (N-methyl/N-ethyl adjacent to an activating group) is 1. The Morgan fingerprint density at radius 3 is 2.50 bits per heavy atom. The Bertz CT molecular complexity index is 792. The van der Waals surface area contributed by atoms with Crippen LogP contribution < -0.4 is 0 Å². The molecule has 0 bridgehead atoms. The van der Waals surface area contributed by atoms with Gasteiger partial charge in [-0.2, -0.15) is 4.31 Å². The van der Waals surface area contributed by atoms with E-state index < -0.39 is 10.0 Å². The molecule has 118 valence electrons. The summed E-state index contributed by atoms with van der Waals surface area (Å²) in [5.41, 5.74) is 0. The lowest BCUT2D eigenvalue weighted by atomic mass is 10.1. The highest BCUT2D eigenvalue weighted by molar-refractivity contribution is 7.89. The number of sulfonamides is 1. The molecule has 0 spiro atoms. The van der Waals surface area contributed by atoms with Gasteiger partial charge >= 0.3 is 0 Å². The molecule has 1 aliphatic heterocycles. The normalized spacial score (nSPS) is 18.5. The number of hydrogen-bond donors (Lipinski definition) is 0. The maximum absolute atomic E-state index is 13.0. The molecule has 0 atom stereocenters. The molecule has 2 aromatic rings. The second-order valence-corrected chi connectivity index (χ2v) is 7.97. The number of benzene rings is 2. The lowest BCUT2D eigenvalue weighted by Gasteiger charge is -2.21. The van der Waals surface area contributed by atoms with Crippen LogP contribution in [0.15, 0.2) is 41.3 Å². The summed E-state index contributed by atoms with van der Waals surface area (Å²) >= 11 is 6.20. The van der Waals surface area contributed by atoms with Gasteiger partial charge in [0, 0.05) is 35.4 Å². The molecule has 0 unspecified atom stereocenters. The Morgan fingerprint density at radius 1 is 0.955 bits per heavy atom. The van der Waals surface area contributed by atoms with Gasteiger partial charge in [-0.05, 0) is 32.1 Å². The number of halogens is 1. The summed E-state index contributed by atoms with van der Waals surface area (Å²) in [7, 11) is -1.48. The predicted molar refractivity (Wildman–Crippen MR) is 89.8 cm³/mol. The molecular formula is C16H19ClN2O2S. The van der Waals surface area contributed by atoms with Gasteiger partial charge in [0.15, 0.2) is 0 Å². The summed E-state index contributed by atoms with van der Waals surface area (Å²) in [5.74, 6) is 0. The van der Waals surface area contributed by atoms with Crippen molar-refractivity contribution < 1.29 is 8.42 Å². The Kier molecular flexibility index (Phi) is 4.41. The molecular weight excluding hydrogens is 320 g/mol. The van der Waals surface area contributed by atoms with E-state index in [1.54, 1.807) is 28.6 Å². The lowest BCUT2D eigenvalue weighted by Crippen LogP contribution is -2.34. The van der Waals surface area contributed by atoms with Gasteiger partial charge in [0.2, 0.25) is 10.0 Å². The third-order valence-electron chi connectivity index (χ3n) is 4.13. The molecule has 0 radical (unpaired) electrons. The average molecular weight is 339 g/mol. The molecule has 0 aliphatic carbocycles. The number of fused-ring (bicyclic) bond motifs is 1. The second-order valence-electron chi connectivity index (χ2n) is 5.65. The summed E-state index contributed by atoms with van der Waals surface area (Å²) < 4.78 is 27.7. The highest BCUT2D eigenvalue weighted by Crippen LogP contribution is 2.30. The van der Waals surface area contributed by atoms with Crippen molar-refractivity contribution in [3.8, 4) is 0 Å². The van der Waals surface area contributed by atoms with Crippen LogP contribution >= 0.6 is 11.6 Å². The summed E-state index contributed by atoms with van der Waals surface area (Å²) in [5, 5.41) is 2.04. The maximum atomic E-state index is 13.0. The smallest absolute Gasteiger partial charge is 0.243 e. The molecule has 0 N–H and O–H groups in total. The molecule has 0 saturated carbocycles. The minimum absolute atomic E-state index is 0.344. The first kappa shape index (κ1) is 15.7. The number of rotatable bonds is 2. The maximum Gasteiger partial charge on any atom is 0.243 e. The first-order chi connectivity index (χ1) is 10.5. The van der Waals surface area contributed by atoms with Crippen molar-refractivity contribution in [1.29, 1.82) is 0 Å². The van der Waals surface area contributed by atoms with Crippen molar-refractivity contribution in [1.82, 2.24) is 9.21 Å². The van der Waals surface area contributed by atoms with Crippen LogP contribution in [0, 0.1) is 0 Å². The van der Waals surface area contributed by atoms with Gasteiger partial charge in [-0.3, -0.25) is 0 Å². The van der Waals surface area contributed by atoms with Crippen LogP contribution in [0.4, 0.5) is 0 Å². The molecule has 22 heavy (non-hydrogen) atoms. The Labute approximate surface area is 136 Å². The van der Waals surface area contributed by atoms with Gasteiger partial charge in [-0.15, -0.1) is 0 Å². The Morgan fingerprint density at radius 2 is 1.68 bits per heavy atom. The quantitative estimate of drug-likeness (QED) is 0.845. The van der Waals surface area contributed by atoms with E-state index >= 15 is 0 Å². The van der Waals surface area contributed by atoms with E-state index in [9.17, 15) is 8.42 Å². The van der Waals surface area contributed by atoms with Gasteiger partial charge in [-0.25, -0.2) is 8.42 Å². The van der Waals surface area contributed by atoms with E-state index in [1.165, 1.54) is 0 Å². The van der Waals surface area contributed by atoms with E-state index in [0.717, 1.165) is 24.9 Å². The van der Waals surface area contributed by atoms with Crippen molar-refractivity contribution in [3.63, 3.8) is 0 Å². The zero-order valence-electron chi connectivity index (χ0n) is 12.5. The summed E-state index contributed by atoms with van der Waals surface area (Å²) in [6.07, 6.45) is 0.848. The van der Waals surface area contributed by atoms with Gasteiger partial charge in [0.1, 0.15) is 0 Å². The van der Waals surface area contributed by atoms with Crippen LogP contribution in [0.3, 0.4) is 0 Å². The largest absolute Gasteiger partial charge is 0.305 e. The Hall–Kier alpha value is -1.14. The first-order valence-corrected chi connectivity index (χ1v) is 9.18. The lowest BCUT2D eigenvalue weighted by molar-refractivity contribution is 0.347. The highest BCUT2D eigenvalue weighted by Gasteiger charge is 2.27. The van der Waals surface area contributed by atoms with Crippen molar-refractivity contribution in [2.75, 3.05) is 33.2 Å². The molecule has 1 fully saturated rings. The molecule has 3 rings (SSSR count). The molecule has 1 aliphatic rings. The minimum Gasteiger partial charge on any atom is -0.305 e. The van der Waals surface area contributed by atoms with E-state index in [0.29, 0.717) is 28.4 Å². The van der Waals surface area contributed by atoms with Crippen molar-refractivity contribution in [2.24, 2.45) is 0 Å². The fourth-order valence-electron chi connectivity index (χ4n) is 2.87. The van der Waals surface area contributed by atoms with Crippen LogP contribution in [0.1, 0.15) is 6.42 Å². The molecule has 4 nitrogen and oxygen atoms in total. The van der Waals surface area contributed by atoms with Crippen LogP contribution in [0.25, 0.3) is 10.8 Å². The molecule has 0 aromatic heterocycles. The molecule has 0 amide bonds. The fourth-order valence-corrected chi connectivity index (χ4v) is 4.78. The molecule has 1 saturated heterocycles. The second kappa shape index (κ2) is 6.16. The van der Waals surface area contributed by atoms with Crippen LogP contribution in [-0.2, 0) is 10.0 Å². The van der Waals surface area contributed by atoms with Gasteiger partial charge in [0.25, 0.3) is 0 Å². The van der Waals surface area contributed by atoms with E-state index in [-0.39, 0.29) is 0 Å². The molecule has 1 heterocycles. The van der Waals surface area contributed by atoms with Crippen molar-refractivity contribution in [3.05, 3.63) is 41.4 Å². The van der Waals surface area contributed by atoms with E-state index in [4.69, 9.17) is 11.6 Å². The van der Waals surface area contributed by atoms with Gasteiger partial charge in [-0.1, -0.05) is 35.9 Å². The first-order valence-electron chi connectivity index (χ1n) is 7.36. The van der Waals surface area contributed by atoms with Crippen LogP contribution in [-0.4, -0.2) is 50.8 Å². The zero-order valence-corrected chi connectivity index (χ0v) is 14.1. The standard InChI is InChI=1S/C16H19ClN2O2S/c1-18-9-4-10-19(12-11-18)22(20,21)16-8-3-5-13-14(16)6-2-7-15(13)17/h2-3,5-8H,4,9-12H2,1H3. The van der Waals surface area contributed by atoms with Crippen LogP contribution in [0.5, 0.6) is 0 Å². The number of nitrogens with zero attached hydrogens (tertiary/aromatic N) is 2. The monoisotopic (exact) mass is 338 g/mol. The van der Waals surface area contributed by atoms with Crippen LogP contribution in [0.2, 0.25) is 5.02 Å². The predicted octanol–water partition coefficient (Wildman–Crippen LogP) is 2.82. The van der Waals surface area contributed by atoms with E-state index in [1.807, 2.05) is 19.2 Å². The zero-order chi connectivity index (χ0) is 15.7. The van der Waals surface area contributed by atoms with Crippen molar-refractivity contribution >= 4 is 32.4 Å². The summed E-state index contributed by atoms with van der Waals surface area (Å²) in [4.78, 5) is 2.51. The van der Waals surface area contributed by atoms with E-state index in [2.05, 4.69) is 4.90 Å². The minimum atomic E-state index is -3.50. The Balaban J connectivity index is 2.08. The van der Waals surface area contributed by atoms with Gasteiger partial charge < -0.3 is 4.90 Å². The molecule has 2 aromatic carbocycles. The SMILES string of the molecule is CN1CCCN(S(=O)(=O)c2cccc3c(Cl)cccc23)CC1. The highest BCUT2D eigenvalue weighted by atomic mass is 35.5. The number of hydrogen-bond acceptors (Lipinski definition) is 3. The van der Waals surface area contributed by atoms with Crippen molar-refractivity contribution in [2.45, 2.75) is 11.3 Å². The summed E-state index contributed by atoms with van der Waals surface area (Å²) in [6, 6.07) is 10.7. The molecule has 6 heteroatoms. The van der Waals surface area contributed by atoms with Gasteiger partial charge in [0.05, 0.1) is 4.90 Å². The fraction of sp³-hybridized carbons (Fsp3) is 0.375. The third kappa shape index (κ3) is 2.86.